The molecule has 1 saturated carbocycles. The number of aromatic hydroxyl groups is 1. The standard InChI is InChI=1S/C18H17N3O4/c22-14-9-7-13(8-10-14)20-21-16-4-2-1-3-15(16)18(24)25-11-17(23)19-12-5-6-12/h1-4,7-10,12,22H,5-6,11H2,(H,19,23). The van der Waals surface area contributed by atoms with Crippen LogP contribution in [0.4, 0.5) is 11.4 Å². The molecule has 3 rings (SSSR count). The molecule has 7 nitrogen and oxygen atoms in total. The zero-order valence-corrected chi connectivity index (χ0v) is 13.4. The minimum absolute atomic E-state index is 0.132. The summed E-state index contributed by atoms with van der Waals surface area (Å²) in [5.41, 5.74) is 1.09. The van der Waals surface area contributed by atoms with Crippen LogP contribution in [0.1, 0.15) is 23.2 Å². The summed E-state index contributed by atoms with van der Waals surface area (Å²) in [7, 11) is 0. The summed E-state index contributed by atoms with van der Waals surface area (Å²) in [6.45, 7) is -0.321. The van der Waals surface area contributed by atoms with Crippen LogP contribution in [0.3, 0.4) is 0 Å². The van der Waals surface area contributed by atoms with Crippen molar-refractivity contribution in [3.63, 3.8) is 0 Å². The van der Waals surface area contributed by atoms with Crippen molar-refractivity contribution in [2.24, 2.45) is 10.2 Å². The first-order valence-corrected chi connectivity index (χ1v) is 7.88. The molecule has 0 spiro atoms. The molecule has 0 bridgehead atoms. The molecule has 0 saturated heterocycles. The highest BCUT2D eigenvalue weighted by molar-refractivity contribution is 5.96. The fraction of sp³-hybridized carbons (Fsp3) is 0.222. The van der Waals surface area contributed by atoms with E-state index in [0.29, 0.717) is 11.4 Å². The maximum atomic E-state index is 12.2. The highest BCUT2D eigenvalue weighted by atomic mass is 16.5. The average molecular weight is 339 g/mol. The fourth-order valence-corrected chi connectivity index (χ4v) is 2.07. The van der Waals surface area contributed by atoms with Crippen molar-refractivity contribution in [1.29, 1.82) is 0 Å². The third-order valence-corrected chi connectivity index (χ3v) is 3.52. The van der Waals surface area contributed by atoms with Crippen molar-refractivity contribution >= 4 is 23.3 Å². The van der Waals surface area contributed by atoms with Gasteiger partial charge in [0.1, 0.15) is 11.4 Å². The number of phenolic OH excluding ortho intramolecular Hbond substituents is 1. The quantitative estimate of drug-likeness (QED) is 0.623. The van der Waals surface area contributed by atoms with E-state index >= 15 is 0 Å². The van der Waals surface area contributed by atoms with Gasteiger partial charge in [-0.3, -0.25) is 4.79 Å². The Kier molecular flexibility index (Phi) is 5.03. The molecule has 128 valence electrons. The van der Waals surface area contributed by atoms with E-state index in [1.54, 1.807) is 36.4 Å². The Morgan fingerprint density at radius 2 is 1.80 bits per heavy atom. The Hall–Kier alpha value is -3.22. The van der Waals surface area contributed by atoms with Gasteiger partial charge in [-0.05, 0) is 49.2 Å². The zero-order chi connectivity index (χ0) is 17.6. The SMILES string of the molecule is O=C(COC(=O)c1ccccc1N=Nc1ccc(O)cc1)NC1CC1. The lowest BCUT2D eigenvalue weighted by atomic mass is 10.2. The molecule has 0 radical (unpaired) electrons. The van der Waals surface area contributed by atoms with Crippen LogP contribution in [0.2, 0.25) is 0 Å². The van der Waals surface area contributed by atoms with Crippen molar-refractivity contribution in [3.05, 3.63) is 54.1 Å². The number of azo groups is 1. The number of ether oxygens (including phenoxy) is 1. The normalized spacial score (nSPS) is 13.6. The van der Waals surface area contributed by atoms with E-state index in [4.69, 9.17) is 4.74 Å². The van der Waals surface area contributed by atoms with Gasteiger partial charge in [0, 0.05) is 6.04 Å². The maximum Gasteiger partial charge on any atom is 0.340 e. The Labute approximate surface area is 144 Å². The summed E-state index contributed by atoms with van der Waals surface area (Å²) in [5.74, 6) is -0.808. The topological polar surface area (TPSA) is 100 Å². The van der Waals surface area contributed by atoms with Gasteiger partial charge in [0.25, 0.3) is 5.91 Å². The minimum Gasteiger partial charge on any atom is -0.508 e. The summed E-state index contributed by atoms with van der Waals surface area (Å²) in [4.78, 5) is 23.8. The van der Waals surface area contributed by atoms with Crippen LogP contribution >= 0.6 is 0 Å². The smallest absolute Gasteiger partial charge is 0.340 e. The predicted molar refractivity (Wildman–Crippen MR) is 90.2 cm³/mol. The fourth-order valence-electron chi connectivity index (χ4n) is 2.07. The molecule has 0 heterocycles. The molecule has 0 unspecified atom stereocenters. The lowest BCUT2D eigenvalue weighted by molar-refractivity contribution is -0.124. The number of esters is 1. The van der Waals surface area contributed by atoms with Crippen molar-refractivity contribution in [2.45, 2.75) is 18.9 Å². The molecule has 1 aliphatic rings. The van der Waals surface area contributed by atoms with Crippen LogP contribution in [-0.2, 0) is 9.53 Å². The number of hydrogen-bond acceptors (Lipinski definition) is 6. The third kappa shape index (κ3) is 4.87. The highest BCUT2D eigenvalue weighted by Crippen LogP contribution is 2.24. The Morgan fingerprint density at radius 1 is 1.08 bits per heavy atom. The van der Waals surface area contributed by atoms with Gasteiger partial charge in [-0.15, -0.1) is 5.11 Å². The van der Waals surface area contributed by atoms with Gasteiger partial charge < -0.3 is 15.2 Å². The summed E-state index contributed by atoms with van der Waals surface area (Å²) in [6, 6.07) is 13.0. The maximum absolute atomic E-state index is 12.2. The first-order chi connectivity index (χ1) is 12.1. The number of rotatable bonds is 6. The number of carbonyl (C=O) groups excluding carboxylic acids is 2. The minimum atomic E-state index is -0.633. The monoisotopic (exact) mass is 339 g/mol. The predicted octanol–water partition coefficient (Wildman–Crippen LogP) is 3.24. The summed E-state index contributed by atoms with van der Waals surface area (Å²) in [5, 5.41) is 20.1. The summed E-state index contributed by atoms with van der Waals surface area (Å²) in [6.07, 6.45) is 1.94. The number of amides is 1. The van der Waals surface area contributed by atoms with Gasteiger partial charge in [0.15, 0.2) is 6.61 Å². The molecule has 1 aliphatic carbocycles. The van der Waals surface area contributed by atoms with Gasteiger partial charge in [-0.1, -0.05) is 12.1 Å². The molecular formula is C18H17N3O4. The van der Waals surface area contributed by atoms with Crippen LogP contribution in [0.15, 0.2) is 58.8 Å². The van der Waals surface area contributed by atoms with E-state index in [-0.39, 0.29) is 29.9 Å². The van der Waals surface area contributed by atoms with E-state index in [1.807, 2.05) is 0 Å². The number of phenols is 1. The van der Waals surface area contributed by atoms with Gasteiger partial charge in [-0.2, -0.15) is 5.11 Å². The Balaban J connectivity index is 1.65. The van der Waals surface area contributed by atoms with Crippen LogP contribution in [0.5, 0.6) is 5.75 Å². The second-order valence-corrected chi connectivity index (χ2v) is 5.65. The van der Waals surface area contributed by atoms with Crippen molar-refractivity contribution in [3.8, 4) is 5.75 Å². The zero-order valence-electron chi connectivity index (χ0n) is 13.4. The lowest BCUT2D eigenvalue weighted by Gasteiger charge is -2.07. The molecule has 2 aromatic carbocycles. The van der Waals surface area contributed by atoms with Gasteiger partial charge in [-0.25, -0.2) is 4.79 Å². The van der Waals surface area contributed by atoms with E-state index in [0.717, 1.165) is 12.8 Å². The first kappa shape index (κ1) is 16.6. The Morgan fingerprint density at radius 3 is 2.52 bits per heavy atom. The van der Waals surface area contributed by atoms with Crippen molar-refractivity contribution in [1.82, 2.24) is 5.32 Å². The highest BCUT2D eigenvalue weighted by Gasteiger charge is 2.24. The first-order valence-electron chi connectivity index (χ1n) is 7.88. The molecule has 1 fully saturated rings. The molecule has 25 heavy (non-hydrogen) atoms. The van der Waals surface area contributed by atoms with Crippen LogP contribution < -0.4 is 5.32 Å². The number of hydrogen-bond donors (Lipinski definition) is 2. The lowest BCUT2D eigenvalue weighted by Crippen LogP contribution is -2.30. The summed E-state index contributed by atoms with van der Waals surface area (Å²) >= 11 is 0. The average Bonchev–Trinajstić information content (AvgIpc) is 3.43. The van der Waals surface area contributed by atoms with Crippen LogP contribution in [0.25, 0.3) is 0 Å². The van der Waals surface area contributed by atoms with Crippen LogP contribution in [-0.4, -0.2) is 29.6 Å². The molecule has 0 aromatic heterocycles. The van der Waals surface area contributed by atoms with Crippen molar-refractivity contribution < 1.29 is 19.4 Å². The van der Waals surface area contributed by atoms with E-state index in [1.165, 1.54) is 12.1 Å². The molecule has 2 N–H and O–H groups in total. The molecule has 1 amide bonds. The number of nitrogens with zero attached hydrogens (tertiary/aromatic N) is 2. The molecule has 0 aliphatic heterocycles. The van der Waals surface area contributed by atoms with Gasteiger partial charge >= 0.3 is 5.97 Å². The van der Waals surface area contributed by atoms with Gasteiger partial charge in [0.2, 0.25) is 0 Å². The largest absolute Gasteiger partial charge is 0.508 e. The number of carbonyl (C=O) groups is 2. The van der Waals surface area contributed by atoms with Gasteiger partial charge in [0.05, 0.1) is 11.3 Å². The van der Waals surface area contributed by atoms with E-state index < -0.39 is 5.97 Å². The molecule has 2 aromatic rings. The molecular weight excluding hydrogens is 322 g/mol. The molecule has 0 atom stereocenters. The Bertz CT molecular complexity index is 798. The molecule has 7 heteroatoms. The van der Waals surface area contributed by atoms with E-state index in [9.17, 15) is 14.7 Å². The van der Waals surface area contributed by atoms with Crippen LogP contribution in [0, 0.1) is 0 Å². The summed E-state index contributed by atoms with van der Waals surface area (Å²) < 4.78 is 5.04. The number of benzene rings is 2. The number of nitrogens with one attached hydrogen (secondary N) is 1. The second-order valence-electron chi connectivity index (χ2n) is 5.65. The second kappa shape index (κ2) is 7.57. The van der Waals surface area contributed by atoms with Crippen molar-refractivity contribution in [2.75, 3.05) is 6.61 Å². The van der Waals surface area contributed by atoms with E-state index in [2.05, 4.69) is 15.5 Å². The third-order valence-electron chi connectivity index (χ3n) is 3.52.